The molecule has 2 aliphatic heterocycles. The summed E-state index contributed by atoms with van der Waals surface area (Å²) in [5, 5.41) is 0. The molecule has 3 rings (SSSR count). The maximum absolute atomic E-state index is 12.6. The summed E-state index contributed by atoms with van der Waals surface area (Å²) in [6.07, 6.45) is 5.03. The summed E-state index contributed by atoms with van der Waals surface area (Å²) >= 11 is 0. The maximum atomic E-state index is 12.6. The fourth-order valence-corrected chi connectivity index (χ4v) is 3.31. The van der Waals surface area contributed by atoms with Crippen LogP contribution in [0, 0.1) is 0 Å². The number of piperidine rings is 1. The van der Waals surface area contributed by atoms with Crippen molar-refractivity contribution in [1.82, 2.24) is 14.8 Å². The van der Waals surface area contributed by atoms with Gasteiger partial charge in [-0.1, -0.05) is 0 Å². The molecule has 1 aromatic heterocycles. The average Bonchev–Trinajstić information content (AvgIpc) is 2.55. The monoisotopic (exact) mass is 303 g/mol. The van der Waals surface area contributed by atoms with Crippen LogP contribution in [0.1, 0.15) is 30.1 Å². The van der Waals surface area contributed by atoms with E-state index in [1.54, 1.807) is 31.5 Å². The molecule has 1 aromatic rings. The van der Waals surface area contributed by atoms with Crippen molar-refractivity contribution in [2.45, 2.75) is 25.4 Å². The molecule has 2 saturated heterocycles. The number of morpholine rings is 1. The third-order valence-electron chi connectivity index (χ3n) is 4.45. The molecule has 0 aliphatic carbocycles. The van der Waals surface area contributed by atoms with E-state index >= 15 is 0 Å². The van der Waals surface area contributed by atoms with Gasteiger partial charge >= 0.3 is 0 Å². The van der Waals surface area contributed by atoms with Gasteiger partial charge in [-0.2, -0.15) is 0 Å². The Bertz CT molecular complexity index is 559. The normalized spacial score (nSPS) is 25.3. The van der Waals surface area contributed by atoms with Crippen LogP contribution < -0.4 is 0 Å². The molecule has 1 atom stereocenters. The van der Waals surface area contributed by atoms with Gasteiger partial charge in [0.25, 0.3) is 5.91 Å². The van der Waals surface area contributed by atoms with Crippen LogP contribution >= 0.6 is 0 Å². The molecule has 22 heavy (non-hydrogen) atoms. The number of nitrogens with zero attached hydrogens (tertiary/aromatic N) is 3. The van der Waals surface area contributed by atoms with Crippen LogP contribution in [-0.2, 0) is 9.53 Å². The Labute approximate surface area is 130 Å². The highest BCUT2D eigenvalue weighted by Crippen LogP contribution is 2.29. The molecule has 3 heterocycles. The molecule has 2 amide bonds. The molecule has 0 saturated carbocycles. The molecule has 0 bridgehead atoms. The minimum Gasteiger partial charge on any atom is -0.369 e. The quantitative estimate of drug-likeness (QED) is 0.774. The minimum absolute atomic E-state index is 0.00465. The van der Waals surface area contributed by atoms with Gasteiger partial charge in [0.05, 0.1) is 19.7 Å². The molecular weight excluding hydrogens is 282 g/mol. The molecule has 1 unspecified atom stereocenters. The first-order valence-electron chi connectivity index (χ1n) is 7.68. The number of hydrogen-bond acceptors (Lipinski definition) is 4. The Morgan fingerprint density at radius 2 is 1.91 bits per heavy atom. The first kappa shape index (κ1) is 15.0. The molecule has 0 aromatic carbocycles. The van der Waals surface area contributed by atoms with Crippen molar-refractivity contribution in [3.05, 3.63) is 30.1 Å². The van der Waals surface area contributed by atoms with Crippen molar-refractivity contribution in [2.75, 3.05) is 32.8 Å². The van der Waals surface area contributed by atoms with Gasteiger partial charge in [-0.3, -0.25) is 14.6 Å². The van der Waals surface area contributed by atoms with Gasteiger partial charge in [0, 0.05) is 38.0 Å². The molecule has 2 aliphatic rings. The van der Waals surface area contributed by atoms with E-state index in [1.807, 2.05) is 9.80 Å². The zero-order chi connectivity index (χ0) is 15.6. The number of carbonyl (C=O) groups is 2. The van der Waals surface area contributed by atoms with Crippen LogP contribution in [0.15, 0.2) is 24.5 Å². The van der Waals surface area contributed by atoms with E-state index in [0.717, 1.165) is 19.4 Å². The Kier molecular flexibility index (Phi) is 4.11. The van der Waals surface area contributed by atoms with E-state index in [2.05, 4.69) is 4.98 Å². The second kappa shape index (κ2) is 6.04. The van der Waals surface area contributed by atoms with Crippen molar-refractivity contribution in [1.29, 1.82) is 0 Å². The molecular formula is C16H21N3O3. The highest BCUT2D eigenvalue weighted by atomic mass is 16.5. The zero-order valence-electron chi connectivity index (χ0n) is 12.8. The molecule has 0 radical (unpaired) electrons. The number of hydrogen-bond donors (Lipinski definition) is 0. The van der Waals surface area contributed by atoms with Gasteiger partial charge in [0.15, 0.2) is 0 Å². The summed E-state index contributed by atoms with van der Waals surface area (Å²) in [5.41, 5.74) is 0.233. The van der Waals surface area contributed by atoms with Crippen LogP contribution in [0.5, 0.6) is 0 Å². The van der Waals surface area contributed by atoms with Gasteiger partial charge in [-0.25, -0.2) is 0 Å². The number of amides is 2. The SMILES string of the molecule is CC(=O)N1CCOC2(CCCN(C(=O)c3ccncc3)C2)C1. The van der Waals surface area contributed by atoms with Crippen LogP contribution in [0.2, 0.25) is 0 Å². The van der Waals surface area contributed by atoms with E-state index in [0.29, 0.717) is 31.8 Å². The van der Waals surface area contributed by atoms with E-state index in [-0.39, 0.29) is 11.8 Å². The third-order valence-corrected chi connectivity index (χ3v) is 4.45. The Balaban J connectivity index is 1.74. The summed E-state index contributed by atoms with van der Waals surface area (Å²) in [6, 6.07) is 3.46. The fraction of sp³-hybridized carbons (Fsp3) is 0.562. The number of pyridine rings is 1. The van der Waals surface area contributed by atoms with Crippen LogP contribution in [-0.4, -0.2) is 65.0 Å². The minimum atomic E-state index is -0.412. The van der Waals surface area contributed by atoms with Crippen LogP contribution in [0.4, 0.5) is 0 Å². The van der Waals surface area contributed by atoms with Gasteiger partial charge in [-0.05, 0) is 25.0 Å². The van der Waals surface area contributed by atoms with Crippen molar-refractivity contribution >= 4 is 11.8 Å². The third kappa shape index (κ3) is 2.97. The summed E-state index contributed by atoms with van der Waals surface area (Å²) in [5.74, 6) is 0.0743. The van der Waals surface area contributed by atoms with E-state index in [1.165, 1.54) is 0 Å². The highest BCUT2D eigenvalue weighted by molar-refractivity contribution is 5.94. The predicted molar refractivity (Wildman–Crippen MR) is 80.3 cm³/mol. The van der Waals surface area contributed by atoms with Crippen molar-refractivity contribution in [3.8, 4) is 0 Å². The zero-order valence-corrected chi connectivity index (χ0v) is 12.8. The Morgan fingerprint density at radius 1 is 1.18 bits per heavy atom. The summed E-state index contributed by atoms with van der Waals surface area (Å²) in [6.45, 7) is 4.60. The molecule has 6 heteroatoms. The molecule has 1 spiro atoms. The van der Waals surface area contributed by atoms with Crippen LogP contribution in [0.3, 0.4) is 0 Å². The lowest BCUT2D eigenvalue weighted by Gasteiger charge is -2.47. The molecule has 2 fully saturated rings. The number of aromatic nitrogens is 1. The highest BCUT2D eigenvalue weighted by Gasteiger charge is 2.42. The largest absolute Gasteiger partial charge is 0.369 e. The lowest BCUT2D eigenvalue weighted by Crippen LogP contribution is -2.61. The van der Waals surface area contributed by atoms with E-state index in [9.17, 15) is 9.59 Å². The summed E-state index contributed by atoms with van der Waals surface area (Å²) in [7, 11) is 0. The van der Waals surface area contributed by atoms with Crippen molar-refractivity contribution < 1.29 is 14.3 Å². The lowest BCUT2D eigenvalue weighted by atomic mass is 9.90. The predicted octanol–water partition coefficient (Wildman–Crippen LogP) is 0.935. The first-order chi connectivity index (χ1) is 10.6. The number of carbonyl (C=O) groups excluding carboxylic acids is 2. The maximum Gasteiger partial charge on any atom is 0.254 e. The smallest absolute Gasteiger partial charge is 0.254 e. The van der Waals surface area contributed by atoms with Crippen molar-refractivity contribution in [2.24, 2.45) is 0 Å². The molecule has 0 N–H and O–H groups in total. The summed E-state index contributed by atoms with van der Waals surface area (Å²) < 4.78 is 6.00. The fourth-order valence-electron chi connectivity index (χ4n) is 3.31. The van der Waals surface area contributed by atoms with Crippen LogP contribution in [0.25, 0.3) is 0 Å². The molecule has 6 nitrogen and oxygen atoms in total. The first-order valence-corrected chi connectivity index (χ1v) is 7.68. The Morgan fingerprint density at radius 3 is 2.64 bits per heavy atom. The Hall–Kier alpha value is -1.95. The van der Waals surface area contributed by atoms with Gasteiger partial charge < -0.3 is 14.5 Å². The standard InChI is InChI=1S/C16H21N3O3/c1-13(20)18-9-10-22-16(11-18)5-2-8-19(12-16)15(21)14-3-6-17-7-4-14/h3-4,6-7H,2,5,8-12H2,1H3. The second-order valence-electron chi connectivity index (χ2n) is 6.04. The summed E-state index contributed by atoms with van der Waals surface area (Å²) in [4.78, 5) is 31.9. The number of likely N-dealkylation sites (tertiary alicyclic amines) is 1. The molecule has 118 valence electrons. The van der Waals surface area contributed by atoms with E-state index < -0.39 is 5.60 Å². The van der Waals surface area contributed by atoms with E-state index in [4.69, 9.17) is 4.74 Å². The second-order valence-corrected chi connectivity index (χ2v) is 6.04. The topological polar surface area (TPSA) is 62.7 Å². The van der Waals surface area contributed by atoms with Gasteiger partial charge in [0.2, 0.25) is 5.91 Å². The lowest BCUT2D eigenvalue weighted by molar-refractivity contribution is -0.157. The number of rotatable bonds is 1. The average molecular weight is 303 g/mol. The number of ether oxygens (including phenoxy) is 1. The van der Waals surface area contributed by atoms with Gasteiger partial charge in [-0.15, -0.1) is 0 Å². The van der Waals surface area contributed by atoms with Crippen molar-refractivity contribution in [3.63, 3.8) is 0 Å². The van der Waals surface area contributed by atoms with Gasteiger partial charge in [0.1, 0.15) is 5.60 Å².